The second kappa shape index (κ2) is 6.11. The second-order valence-electron chi connectivity index (χ2n) is 3.97. The van der Waals surface area contributed by atoms with Crippen molar-refractivity contribution in [3.63, 3.8) is 0 Å². The summed E-state index contributed by atoms with van der Waals surface area (Å²) in [7, 11) is 0. The highest BCUT2D eigenvalue weighted by Crippen LogP contribution is 2.28. The number of halogens is 2. The highest BCUT2D eigenvalue weighted by Gasteiger charge is 2.12. The summed E-state index contributed by atoms with van der Waals surface area (Å²) in [6.07, 6.45) is 1.37. The average molecular weight is 356 g/mol. The lowest BCUT2D eigenvalue weighted by molar-refractivity contribution is 0.102. The molecule has 0 fully saturated rings. The molecule has 21 heavy (non-hydrogen) atoms. The molecule has 3 heterocycles. The number of anilines is 1. The topological polar surface area (TPSA) is 54.9 Å². The van der Waals surface area contributed by atoms with Crippen molar-refractivity contribution in [1.29, 1.82) is 0 Å². The fourth-order valence-electron chi connectivity index (χ4n) is 1.58. The van der Waals surface area contributed by atoms with Gasteiger partial charge >= 0.3 is 0 Å². The van der Waals surface area contributed by atoms with E-state index in [2.05, 4.69) is 15.3 Å². The molecule has 0 aliphatic carbocycles. The standard InChI is InChI=1S/C13H7Cl2N3OS2/c14-8-4-7(5-16-11(8)15)12(19)18-13-17-9(6-21-13)10-2-1-3-20-10/h1-6H,(H,17,18,19). The number of thiazole rings is 1. The van der Waals surface area contributed by atoms with E-state index >= 15 is 0 Å². The summed E-state index contributed by atoms with van der Waals surface area (Å²) < 4.78 is 0. The van der Waals surface area contributed by atoms with Crippen molar-refractivity contribution in [2.24, 2.45) is 0 Å². The van der Waals surface area contributed by atoms with Crippen LogP contribution in [-0.2, 0) is 0 Å². The van der Waals surface area contributed by atoms with E-state index in [0.29, 0.717) is 10.7 Å². The van der Waals surface area contributed by atoms with Crippen molar-refractivity contribution in [3.8, 4) is 10.6 Å². The molecule has 0 spiro atoms. The predicted molar refractivity (Wildman–Crippen MR) is 87.6 cm³/mol. The third-order valence-corrected chi connectivity index (χ3v) is 4.89. The first-order valence-electron chi connectivity index (χ1n) is 5.75. The van der Waals surface area contributed by atoms with Crippen molar-refractivity contribution >= 4 is 56.9 Å². The predicted octanol–water partition coefficient (Wildman–Crippen LogP) is 4.83. The van der Waals surface area contributed by atoms with Gasteiger partial charge in [-0.3, -0.25) is 10.1 Å². The Kier molecular flexibility index (Phi) is 4.21. The summed E-state index contributed by atoms with van der Waals surface area (Å²) in [5, 5.41) is 7.53. The number of nitrogens with one attached hydrogen (secondary N) is 1. The molecule has 8 heteroatoms. The van der Waals surface area contributed by atoms with Crippen molar-refractivity contribution in [3.05, 3.63) is 50.9 Å². The molecule has 1 amide bonds. The Morgan fingerprint density at radius 1 is 1.29 bits per heavy atom. The molecule has 1 N–H and O–H groups in total. The van der Waals surface area contributed by atoms with E-state index in [0.717, 1.165) is 10.6 Å². The highest BCUT2D eigenvalue weighted by atomic mass is 35.5. The minimum absolute atomic E-state index is 0.169. The van der Waals surface area contributed by atoms with Gasteiger partial charge in [0.05, 0.1) is 21.2 Å². The molecule has 0 unspecified atom stereocenters. The van der Waals surface area contributed by atoms with Gasteiger partial charge in [-0.05, 0) is 17.5 Å². The quantitative estimate of drug-likeness (QED) is 0.684. The molecule has 0 atom stereocenters. The molecule has 0 aromatic carbocycles. The molecule has 0 bridgehead atoms. The molecule has 3 rings (SSSR count). The van der Waals surface area contributed by atoms with E-state index in [-0.39, 0.29) is 16.1 Å². The number of pyridine rings is 1. The Morgan fingerprint density at radius 2 is 2.14 bits per heavy atom. The van der Waals surface area contributed by atoms with Crippen LogP contribution in [0.3, 0.4) is 0 Å². The monoisotopic (exact) mass is 355 g/mol. The Hall–Kier alpha value is -1.47. The summed E-state index contributed by atoms with van der Waals surface area (Å²) in [5.41, 5.74) is 1.18. The molecule has 3 aromatic rings. The second-order valence-corrected chi connectivity index (χ2v) is 6.54. The zero-order chi connectivity index (χ0) is 14.8. The Morgan fingerprint density at radius 3 is 2.86 bits per heavy atom. The van der Waals surface area contributed by atoms with Gasteiger partial charge in [-0.15, -0.1) is 22.7 Å². The Balaban J connectivity index is 1.77. The molecule has 106 valence electrons. The zero-order valence-corrected chi connectivity index (χ0v) is 13.5. The van der Waals surface area contributed by atoms with Crippen molar-refractivity contribution < 1.29 is 4.79 Å². The third kappa shape index (κ3) is 3.24. The molecule has 3 aromatic heterocycles. The van der Waals surface area contributed by atoms with Crippen LogP contribution in [0.15, 0.2) is 35.2 Å². The number of amides is 1. The molecule has 0 aliphatic rings. The van der Waals surface area contributed by atoms with Crippen molar-refractivity contribution in [1.82, 2.24) is 9.97 Å². The van der Waals surface area contributed by atoms with Crippen LogP contribution >= 0.6 is 45.9 Å². The average Bonchev–Trinajstić information content (AvgIpc) is 3.12. The van der Waals surface area contributed by atoms with Gasteiger partial charge in [0, 0.05) is 11.6 Å². The van der Waals surface area contributed by atoms with Gasteiger partial charge < -0.3 is 0 Å². The number of carbonyl (C=O) groups is 1. The number of hydrogen-bond donors (Lipinski definition) is 1. The minimum Gasteiger partial charge on any atom is -0.298 e. The maximum absolute atomic E-state index is 12.1. The first kappa shape index (κ1) is 14.5. The van der Waals surface area contributed by atoms with Crippen LogP contribution in [0.4, 0.5) is 5.13 Å². The van der Waals surface area contributed by atoms with E-state index in [1.54, 1.807) is 11.3 Å². The summed E-state index contributed by atoms with van der Waals surface area (Å²) >= 11 is 14.5. The van der Waals surface area contributed by atoms with Crippen LogP contribution in [0.2, 0.25) is 10.2 Å². The lowest BCUT2D eigenvalue weighted by atomic mass is 10.3. The SMILES string of the molecule is O=C(Nc1nc(-c2cccs2)cs1)c1cnc(Cl)c(Cl)c1. The van der Waals surface area contributed by atoms with E-state index in [9.17, 15) is 4.79 Å². The Bertz CT molecular complexity index is 787. The van der Waals surface area contributed by atoms with Crippen LogP contribution in [0, 0.1) is 0 Å². The summed E-state index contributed by atoms with van der Waals surface area (Å²) in [6, 6.07) is 5.41. The third-order valence-electron chi connectivity index (χ3n) is 2.56. The normalized spacial score (nSPS) is 10.6. The summed E-state index contributed by atoms with van der Waals surface area (Å²) in [4.78, 5) is 21.4. The molecule has 4 nitrogen and oxygen atoms in total. The first-order valence-corrected chi connectivity index (χ1v) is 8.27. The highest BCUT2D eigenvalue weighted by molar-refractivity contribution is 7.16. The molecule has 0 radical (unpaired) electrons. The van der Waals surface area contributed by atoms with Gasteiger partial charge in [-0.2, -0.15) is 0 Å². The zero-order valence-electron chi connectivity index (χ0n) is 10.3. The van der Waals surface area contributed by atoms with Gasteiger partial charge in [0.25, 0.3) is 5.91 Å². The molecule has 0 saturated heterocycles. The molecular formula is C13H7Cl2N3OS2. The van der Waals surface area contributed by atoms with Crippen LogP contribution in [-0.4, -0.2) is 15.9 Å². The molecule has 0 saturated carbocycles. The van der Waals surface area contributed by atoms with Gasteiger partial charge in [-0.1, -0.05) is 29.3 Å². The largest absolute Gasteiger partial charge is 0.298 e. The van der Waals surface area contributed by atoms with Gasteiger partial charge in [0.2, 0.25) is 0 Å². The van der Waals surface area contributed by atoms with E-state index in [1.165, 1.54) is 23.6 Å². The smallest absolute Gasteiger partial charge is 0.259 e. The number of thiophene rings is 1. The van der Waals surface area contributed by atoms with E-state index < -0.39 is 0 Å². The van der Waals surface area contributed by atoms with Crippen LogP contribution in [0.5, 0.6) is 0 Å². The molecular weight excluding hydrogens is 349 g/mol. The van der Waals surface area contributed by atoms with E-state index in [1.807, 2.05) is 22.9 Å². The fraction of sp³-hybridized carbons (Fsp3) is 0. The maximum atomic E-state index is 12.1. The number of hydrogen-bond acceptors (Lipinski definition) is 5. The van der Waals surface area contributed by atoms with Gasteiger partial charge in [-0.25, -0.2) is 9.97 Å². The first-order chi connectivity index (χ1) is 10.1. The fourth-order valence-corrected chi connectivity index (χ4v) is 3.32. The van der Waals surface area contributed by atoms with E-state index in [4.69, 9.17) is 23.2 Å². The lowest BCUT2D eigenvalue weighted by Gasteiger charge is -2.02. The summed E-state index contributed by atoms with van der Waals surface area (Å²) in [5.74, 6) is -0.326. The minimum atomic E-state index is -0.326. The number of carbonyl (C=O) groups excluding carboxylic acids is 1. The number of rotatable bonds is 3. The maximum Gasteiger partial charge on any atom is 0.259 e. The van der Waals surface area contributed by atoms with Crippen molar-refractivity contribution in [2.45, 2.75) is 0 Å². The van der Waals surface area contributed by atoms with Crippen LogP contribution < -0.4 is 5.32 Å². The van der Waals surface area contributed by atoms with Crippen LogP contribution in [0.1, 0.15) is 10.4 Å². The Labute approximate surface area is 138 Å². The molecule has 0 aliphatic heterocycles. The lowest BCUT2D eigenvalue weighted by Crippen LogP contribution is -2.12. The van der Waals surface area contributed by atoms with Gasteiger partial charge in [0.15, 0.2) is 5.13 Å². The number of aromatic nitrogens is 2. The number of nitrogens with zero attached hydrogens (tertiary/aromatic N) is 2. The summed E-state index contributed by atoms with van der Waals surface area (Å²) in [6.45, 7) is 0. The van der Waals surface area contributed by atoms with Crippen molar-refractivity contribution in [2.75, 3.05) is 5.32 Å². The van der Waals surface area contributed by atoms with Gasteiger partial charge in [0.1, 0.15) is 5.15 Å². The van der Waals surface area contributed by atoms with Crippen LogP contribution in [0.25, 0.3) is 10.6 Å².